The molecule has 5 heteroatoms. The number of nitrogens with two attached hydrogens (primary N) is 1. The molecule has 60 valence electrons. The zero-order valence-corrected chi connectivity index (χ0v) is 8.54. The minimum atomic E-state index is -0.726. The lowest BCUT2D eigenvalue weighted by atomic mass is 10.2. The van der Waals surface area contributed by atoms with Crippen LogP contribution in [-0.4, -0.2) is 5.91 Å². The van der Waals surface area contributed by atoms with E-state index in [4.69, 9.17) is 17.3 Å². The SMILES string of the molecule is NC(=O)C(Cl)c1cscc1Br. The lowest BCUT2D eigenvalue weighted by Crippen LogP contribution is -2.16. The molecule has 0 aliphatic heterocycles. The van der Waals surface area contributed by atoms with Gasteiger partial charge in [0, 0.05) is 15.4 Å². The van der Waals surface area contributed by atoms with E-state index in [9.17, 15) is 4.79 Å². The number of alkyl halides is 1. The van der Waals surface area contributed by atoms with E-state index in [0.29, 0.717) is 0 Å². The zero-order chi connectivity index (χ0) is 8.43. The van der Waals surface area contributed by atoms with Crippen LogP contribution in [0.1, 0.15) is 10.9 Å². The summed E-state index contributed by atoms with van der Waals surface area (Å²) in [5.74, 6) is -0.522. The molecular formula is C6H5BrClNOS. The highest BCUT2D eigenvalue weighted by molar-refractivity contribution is 9.10. The molecule has 2 nitrogen and oxygen atoms in total. The molecule has 0 bridgehead atoms. The number of amides is 1. The minimum absolute atomic E-state index is 0.522. The Kier molecular flexibility index (Phi) is 2.92. The third-order valence-electron chi connectivity index (χ3n) is 1.17. The quantitative estimate of drug-likeness (QED) is 0.809. The Morgan fingerprint density at radius 1 is 1.73 bits per heavy atom. The number of carbonyl (C=O) groups is 1. The molecule has 0 aliphatic rings. The van der Waals surface area contributed by atoms with Gasteiger partial charge in [0.2, 0.25) is 5.91 Å². The predicted molar refractivity (Wildman–Crippen MR) is 49.8 cm³/mol. The van der Waals surface area contributed by atoms with Crippen LogP contribution in [0.5, 0.6) is 0 Å². The second-order valence-corrected chi connectivity index (χ2v) is 3.97. The van der Waals surface area contributed by atoms with E-state index < -0.39 is 11.3 Å². The van der Waals surface area contributed by atoms with Gasteiger partial charge in [-0.2, -0.15) is 11.3 Å². The van der Waals surface area contributed by atoms with E-state index in [1.54, 1.807) is 5.38 Å². The third-order valence-corrected chi connectivity index (χ3v) is 3.37. The van der Waals surface area contributed by atoms with Gasteiger partial charge >= 0.3 is 0 Å². The van der Waals surface area contributed by atoms with Gasteiger partial charge in [-0.1, -0.05) is 0 Å². The lowest BCUT2D eigenvalue weighted by Gasteiger charge is -2.01. The fourth-order valence-corrected chi connectivity index (χ4v) is 2.56. The summed E-state index contributed by atoms with van der Waals surface area (Å²) in [6.07, 6.45) is 0. The van der Waals surface area contributed by atoms with Crippen LogP contribution in [0.15, 0.2) is 15.2 Å². The van der Waals surface area contributed by atoms with Crippen molar-refractivity contribution < 1.29 is 4.79 Å². The maximum absolute atomic E-state index is 10.6. The average molecular weight is 255 g/mol. The van der Waals surface area contributed by atoms with Crippen molar-refractivity contribution in [2.24, 2.45) is 5.73 Å². The first-order chi connectivity index (χ1) is 5.13. The first-order valence-corrected chi connectivity index (χ1v) is 4.95. The summed E-state index contributed by atoms with van der Waals surface area (Å²) in [5, 5.41) is 2.93. The molecule has 0 saturated carbocycles. The molecular weight excluding hydrogens is 249 g/mol. The Morgan fingerprint density at radius 2 is 2.36 bits per heavy atom. The summed E-state index contributed by atoms with van der Waals surface area (Å²) in [4.78, 5) is 10.6. The maximum atomic E-state index is 10.6. The van der Waals surface area contributed by atoms with Crippen molar-refractivity contribution in [3.8, 4) is 0 Å². The first-order valence-electron chi connectivity index (χ1n) is 2.78. The van der Waals surface area contributed by atoms with E-state index in [1.807, 2.05) is 5.38 Å². The first kappa shape index (κ1) is 9.03. The largest absolute Gasteiger partial charge is 0.368 e. The molecule has 0 aromatic carbocycles. The van der Waals surface area contributed by atoms with Crippen molar-refractivity contribution in [3.05, 3.63) is 20.8 Å². The highest BCUT2D eigenvalue weighted by atomic mass is 79.9. The van der Waals surface area contributed by atoms with Crippen molar-refractivity contribution in [1.29, 1.82) is 0 Å². The van der Waals surface area contributed by atoms with E-state index in [1.165, 1.54) is 11.3 Å². The fourth-order valence-electron chi connectivity index (χ4n) is 0.625. The summed E-state index contributed by atoms with van der Waals surface area (Å²) in [6.45, 7) is 0. The van der Waals surface area contributed by atoms with Crippen molar-refractivity contribution >= 4 is 44.8 Å². The predicted octanol–water partition coefficient (Wildman–Crippen LogP) is 2.28. The van der Waals surface area contributed by atoms with Crippen molar-refractivity contribution in [2.75, 3.05) is 0 Å². The van der Waals surface area contributed by atoms with Crippen molar-refractivity contribution in [3.63, 3.8) is 0 Å². The highest BCUT2D eigenvalue weighted by Crippen LogP contribution is 2.30. The molecule has 0 saturated heterocycles. The number of carbonyl (C=O) groups excluding carboxylic acids is 1. The molecule has 1 amide bonds. The van der Waals surface area contributed by atoms with Crippen LogP contribution in [0.2, 0.25) is 0 Å². The molecule has 0 aliphatic carbocycles. The number of primary amides is 1. The minimum Gasteiger partial charge on any atom is -0.368 e. The summed E-state index contributed by atoms with van der Waals surface area (Å²) < 4.78 is 0.835. The van der Waals surface area contributed by atoms with E-state index >= 15 is 0 Å². The zero-order valence-electron chi connectivity index (χ0n) is 5.38. The third kappa shape index (κ3) is 1.95. The van der Waals surface area contributed by atoms with Crippen LogP contribution in [0.3, 0.4) is 0 Å². The van der Waals surface area contributed by atoms with Crippen molar-refractivity contribution in [1.82, 2.24) is 0 Å². The van der Waals surface area contributed by atoms with Crippen LogP contribution in [0.4, 0.5) is 0 Å². The van der Waals surface area contributed by atoms with Crippen LogP contribution < -0.4 is 5.73 Å². The van der Waals surface area contributed by atoms with Gasteiger partial charge in [0.15, 0.2) is 0 Å². The van der Waals surface area contributed by atoms with Crippen LogP contribution in [0.25, 0.3) is 0 Å². The van der Waals surface area contributed by atoms with Gasteiger partial charge in [-0.3, -0.25) is 4.79 Å². The maximum Gasteiger partial charge on any atom is 0.240 e. The van der Waals surface area contributed by atoms with Gasteiger partial charge in [0.05, 0.1) is 0 Å². The van der Waals surface area contributed by atoms with Gasteiger partial charge in [-0.05, 0) is 21.3 Å². The summed E-state index contributed by atoms with van der Waals surface area (Å²) >= 11 is 10.4. The molecule has 1 heterocycles. The number of hydrogen-bond acceptors (Lipinski definition) is 2. The van der Waals surface area contributed by atoms with E-state index in [-0.39, 0.29) is 0 Å². The van der Waals surface area contributed by atoms with Gasteiger partial charge in [-0.15, -0.1) is 11.6 Å². The molecule has 1 aromatic heterocycles. The fraction of sp³-hybridized carbons (Fsp3) is 0.167. The second-order valence-electron chi connectivity index (χ2n) is 1.94. The molecule has 1 unspecified atom stereocenters. The van der Waals surface area contributed by atoms with Crippen LogP contribution in [-0.2, 0) is 4.79 Å². The van der Waals surface area contributed by atoms with Gasteiger partial charge < -0.3 is 5.73 Å². The molecule has 1 rings (SSSR count). The standard InChI is InChI=1S/C6H5BrClNOS/c7-4-2-11-1-3(4)5(8)6(9)10/h1-2,5H,(H2,9,10). The number of rotatable bonds is 2. The Hall–Kier alpha value is -0.0600. The van der Waals surface area contributed by atoms with Crippen molar-refractivity contribution in [2.45, 2.75) is 5.38 Å². The van der Waals surface area contributed by atoms with Gasteiger partial charge in [-0.25, -0.2) is 0 Å². The smallest absolute Gasteiger partial charge is 0.240 e. The van der Waals surface area contributed by atoms with Crippen LogP contribution >= 0.6 is 38.9 Å². The Morgan fingerprint density at radius 3 is 2.73 bits per heavy atom. The van der Waals surface area contributed by atoms with Gasteiger partial charge in [0.25, 0.3) is 0 Å². The summed E-state index contributed by atoms with van der Waals surface area (Å²) in [5.41, 5.74) is 5.75. The Balaban J connectivity index is 2.92. The molecule has 2 N–H and O–H groups in total. The molecule has 0 fully saturated rings. The molecule has 11 heavy (non-hydrogen) atoms. The summed E-state index contributed by atoms with van der Waals surface area (Å²) in [6, 6.07) is 0. The number of thiophene rings is 1. The normalized spacial score (nSPS) is 12.9. The lowest BCUT2D eigenvalue weighted by molar-refractivity contribution is -0.117. The highest BCUT2D eigenvalue weighted by Gasteiger charge is 2.17. The number of halogens is 2. The van der Waals surface area contributed by atoms with Crippen LogP contribution in [0, 0.1) is 0 Å². The van der Waals surface area contributed by atoms with E-state index in [0.717, 1.165) is 10.0 Å². The summed E-state index contributed by atoms with van der Waals surface area (Å²) in [7, 11) is 0. The average Bonchev–Trinajstić information content (AvgIpc) is 2.33. The van der Waals surface area contributed by atoms with Gasteiger partial charge in [0.1, 0.15) is 5.38 Å². The molecule has 1 aromatic rings. The van der Waals surface area contributed by atoms with E-state index in [2.05, 4.69) is 15.9 Å². The molecule has 0 spiro atoms. The molecule has 0 radical (unpaired) electrons. The molecule has 1 atom stereocenters. The Bertz CT molecular complexity index is 275. The second kappa shape index (κ2) is 3.56. The number of hydrogen-bond donors (Lipinski definition) is 1. The topological polar surface area (TPSA) is 43.1 Å². The Labute approximate surface area is 81.5 Å². The monoisotopic (exact) mass is 253 g/mol.